The third-order valence-electron chi connectivity index (χ3n) is 1.18. The van der Waals surface area contributed by atoms with Crippen LogP contribution in [0.4, 0.5) is 0 Å². The smallest absolute Gasteiger partial charge is 0.504 e. The number of rotatable bonds is 0. The zero-order chi connectivity index (χ0) is 14.6. The molecule has 19 heavy (non-hydrogen) atoms. The average molecular weight is 324 g/mol. The molecule has 0 aromatic carbocycles. The van der Waals surface area contributed by atoms with E-state index in [2.05, 4.69) is 28.9 Å². The molecule has 0 saturated carbocycles. The largest absolute Gasteiger partial charge is 2.00 e. The van der Waals surface area contributed by atoms with Gasteiger partial charge in [0.05, 0.1) is 40.5 Å². The first-order valence-corrected chi connectivity index (χ1v) is 4.34. The van der Waals surface area contributed by atoms with Crippen LogP contribution in [0.15, 0.2) is 9.98 Å². The van der Waals surface area contributed by atoms with Crippen LogP contribution in [0.5, 0.6) is 0 Å². The Kier molecular flexibility index (Phi) is 16.4. The van der Waals surface area contributed by atoms with Crippen LogP contribution in [-0.2, 0) is 36.0 Å². The van der Waals surface area contributed by atoms with E-state index in [9.17, 15) is 0 Å². The predicted octanol–water partition coefficient (Wildman–Crippen LogP) is 1.24. The quantitative estimate of drug-likeness (QED) is 0.390. The van der Waals surface area contributed by atoms with Crippen molar-refractivity contribution < 1.29 is 36.0 Å². The van der Waals surface area contributed by atoms with Gasteiger partial charge >= 0.3 is 17.1 Å². The van der Waals surface area contributed by atoms with Crippen LogP contribution in [0.1, 0.15) is 0 Å². The molecule has 11 heteroatoms. The molecule has 4 N–H and O–H groups in total. The van der Waals surface area contributed by atoms with Gasteiger partial charge in [-0.15, -0.1) is 0 Å². The first-order chi connectivity index (χ1) is 8.40. The molecule has 0 unspecified atom stereocenters. The fourth-order valence-corrected chi connectivity index (χ4v) is 0.367. The van der Waals surface area contributed by atoms with Gasteiger partial charge in [0.15, 0.2) is 0 Å². The number of amidine groups is 4. The number of ether oxygens (including phenoxy) is 4. The fourth-order valence-electron chi connectivity index (χ4n) is 0.367. The summed E-state index contributed by atoms with van der Waals surface area (Å²) in [5.41, 5.74) is 13.5. The van der Waals surface area contributed by atoms with Gasteiger partial charge in [0.2, 0.25) is 12.0 Å². The molecule has 0 spiro atoms. The number of hydrogen-bond donors (Lipinski definition) is 2. The van der Waals surface area contributed by atoms with E-state index in [1.54, 1.807) is 0 Å². The van der Waals surface area contributed by atoms with E-state index in [1.807, 2.05) is 0 Å². The van der Waals surface area contributed by atoms with Crippen LogP contribution in [-0.4, -0.2) is 52.5 Å². The van der Waals surface area contributed by atoms with Crippen molar-refractivity contribution in [3.05, 3.63) is 11.5 Å². The van der Waals surface area contributed by atoms with E-state index < -0.39 is 0 Å². The van der Waals surface area contributed by atoms with Gasteiger partial charge in [-0.25, -0.2) is 0 Å². The standard InChI is InChI=1S/2C4H8N3O2.Cu/c2*1-8-3(5)7-4(6)9-2;/h2*1-2H3,(H2-,5,6,7);/q2*-1;+2. The fraction of sp³-hybridized carbons (Fsp3) is 0.500. The Morgan fingerprint density at radius 1 is 0.737 bits per heavy atom. The maximum Gasteiger partial charge on any atom is 2.00 e. The molecular weight excluding hydrogens is 308 g/mol. The van der Waals surface area contributed by atoms with E-state index in [0.29, 0.717) is 0 Å². The van der Waals surface area contributed by atoms with Gasteiger partial charge < -0.3 is 40.4 Å². The maximum absolute atomic E-state index is 6.76. The second-order valence-corrected chi connectivity index (χ2v) is 2.26. The summed E-state index contributed by atoms with van der Waals surface area (Å²) < 4.78 is 17.3. The Bertz CT molecular complexity index is 301. The van der Waals surface area contributed by atoms with Crippen molar-refractivity contribution in [2.75, 3.05) is 28.4 Å². The van der Waals surface area contributed by atoms with E-state index in [1.165, 1.54) is 28.4 Å². The Labute approximate surface area is 121 Å². The number of methoxy groups -OCH3 is 4. The SMILES string of the molecule is COC(=N)/N=C(\[NH-])OC.COC(=N)/N=C(\[NH-])OC.[Cu+2]. The van der Waals surface area contributed by atoms with Crippen LogP contribution >= 0.6 is 0 Å². The van der Waals surface area contributed by atoms with E-state index in [0.717, 1.165) is 0 Å². The molecule has 0 atom stereocenters. The first-order valence-electron chi connectivity index (χ1n) is 4.34. The minimum atomic E-state index is -0.332. The van der Waals surface area contributed by atoms with E-state index >= 15 is 0 Å². The van der Waals surface area contributed by atoms with Crippen molar-refractivity contribution in [2.45, 2.75) is 0 Å². The van der Waals surface area contributed by atoms with Crippen LogP contribution in [0.25, 0.3) is 11.5 Å². The van der Waals surface area contributed by atoms with Crippen molar-refractivity contribution in [1.82, 2.24) is 0 Å². The Morgan fingerprint density at radius 2 is 1.00 bits per heavy atom. The Balaban J connectivity index is -0.000000256. The van der Waals surface area contributed by atoms with Crippen molar-refractivity contribution in [2.24, 2.45) is 9.98 Å². The molecular formula is C8H16CuN6O4. The molecule has 0 aliphatic carbocycles. The molecule has 0 heterocycles. The number of nitrogens with one attached hydrogen (secondary N) is 4. The molecule has 0 saturated heterocycles. The topological polar surface area (TPSA) is 157 Å². The maximum atomic E-state index is 6.76. The average Bonchev–Trinajstić information content (AvgIpc) is 2.38. The van der Waals surface area contributed by atoms with E-state index in [-0.39, 0.29) is 41.2 Å². The Hall–Kier alpha value is -2.00. The van der Waals surface area contributed by atoms with Crippen LogP contribution in [0.3, 0.4) is 0 Å². The van der Waals surface area contributed by atoms with Crippen molar-refractivity contribution in [3.63, 3.8) is 0 Å². The summed E-state index contributed by atoms with van der Waals surface area (Å²) in [6, 6.07) is -1.33. The minimum Gasteiger partial charge on any atom is -0.504 e. The minimum absolute atomic E-state index is 0. The number of hydrogen-bond acceptors (Lipinski definition) is 6. The summed E-state index contributed by atoms with van der Waals surface area (Å²) in [5.74, 6) is 0. The summed E-state index contributed by atoms with van der Waals surface area (Å²) in [4.78, 5) is 6.47. The molecule has 1 radical (unpaired) electrons. The van der Waals surface area contributed by atoms with Crippen LogP contribution in [0.2, 0.25) is 0 Å². The molecule has 0 aliphatic heterocycles. The van der Waals surface area contributed by atoms with Gasteiger partial charge in [0.1, 0.15) is 0 Å². The Morgan fingerprint density at radius 3 is 1.16 bits per heavy atom. The zero-order valence-corrected chi connectivity index (χ0v) is 11.8. The van der Waals surface area contributed by atoms with Crippen LogP contribution < -0.4 is 0 Å². The normalized spacial score (nSPS) is 10.1. The molecule has 0 amide bonds. The van der Waals surface area contributed by atoms with Gasteiger partial charge in [-0.05, 0) is 0 Å². The molecule has 0 aromatic rings. The third kappa shape index (κ3) is 16.0. The van der Waals surface area contributed by atoms with Gasteiger partial charge in [0, 0.05) is 0 Å². The zero-order valence-electron chi connectivity index (χ0n) is 10.8. The van der Waals surface area contributed by atoms with E-state index in [4.69, 9.17) is 22.3 Å². The van der Waals surface area contributed by atoms with Crippen LogP contribution in [0, 0.1) is 10.8 Å². The van der Waals surface area contributed by atoms with Gasteiger partial charge in [0.25, 0.3) is 0 Å². The number of nitrogens with zero attached hydrogens (tertiary/aromatic N) is 2. The number of aliphatic imine (C=N–C) groups is 2. The molecule has 0 rings (SSSR count). The van der Waals surface area contributed by atoms with Crippen molar-refractivity contribution >= 4 is 24.1 Å². The van der Waals surface area contributed by atoms with Gasteiger partial charge in [-0.2, -0.15) is 0 Å². The molecule has 0 bridgehead atoms. The molecule has 113 valence electrons. The third-order valence-corrected chi connectivity index (χ3v) is 1.18. The first kappa shape index (κ1) is 22.2. The molecule has 0 fully saturated rings. The molecule has 0 aliphatic rings. The summed E-state index contributed by atoms with van der Waals surface area (Å²) in [6.07, 6.45) is 0. The second kappa shape index (κ2) is 14.1. The summed E-state index contributed by atoms with van der Waals surface area (Å²) >= 11 is 0. The van der Waals surface area contributed by atoms with Gasteiger partial charge in [-0.1, -0.05) is 0 Å². The summed E-state index contributed by atoms with van der Waals surface area (Å²) in [6.45, 7) is 0. The monoisotopic (exact) mass is 323 g/mol. The summed E-state index contributed by atoms with van der Waals surface area (Å²) in [5, 5.41) is 13.5. The molecule has 10 nitrogen and oxygen atoms in total. The molecule has 0 aromatic heterocycles. The van der Waals surface area contributed by atoms with Crippen molar-refractivity contribution in [3.8, 4) is 0 Å². The summed E-state index contributed by atoms with van der Waals surface area (Å²) in [7, 11) is 5.20. The predicted molar refractivity (Wildman–Crippen MR) is 67.0 cm³/mol. The second-order valence-electron chi connectivity index (χ2n) is 2.26. The van der Waals surface area contributed by atoms with Gasteiger partial charge in [-0.3, -0.25) is 10.8 Å². The van der Waals surface area contributed by atoms with Crippen molar-refractivity contribution in [1.29, 1.82) is 10.8 Å².